The van der Waals surface area contributed by atoms with Crippen LogP contribution in [0, 0.1) is 0 Å². The molecule has 0 fully saturated rings. The molecule has 10 heteroatoms. The molecule has 2 aromatic carbocycles. The lowest BCUT2D eigenvalue weighted by molar-refractivity contribution is -0.139. The van der Waals surface area contributed by atoms with Gasteiger partial charge in [0.2, 0.25) is 21.8 Å². The molecule has 1 atom stereocenters. The van der Waals surface area contributed by atoms with Crippen molar-refractivity contribution in [2.75, 3.05) is 30.8 Å². The van der Waals surface area contributed by atoms with Gasteiger partial charge >= 0.3 is 0 Å². The molecule has 2 aromatic rings. The zero-order chi connectivity index (χ0) is 25.3. The van der Waals surface area contributed by atoms with Crippen molar-refractivity contribution in [3.8, 4) is 5.75 Å². The Morgan fingerprint density at radius 2 is 1.71 bits per heavy atom. The van der Waals surface area contributed by atoms with E-state index in [0.717, 1.165) is 33.4 Å². The minimum Gasteiger partial charge on any atom is -0.497 e. The second-order valence-electron chi connectivity index (χ2n) is 7.94. The van der Waals surface area contributed by atoms with Crippen LogP contribution in [0.4, 0.5) is 5.69 Å². The number of unbranched alkanes of at least 4 members (excludes halogenated alkanes) is 1. The number of hydrogen-bond acceptors (Lipinski definition) is 5. The average Bonchev–Trinajstić information content (AvgIpc) is 2.81. The molecule has 186 valence electrons. The van der Waals surface area contributed by atoms with Crippen LogP contribution < -0.4 is 14.4 Å². The standard InChI is InChI=1S/C24H32BrN3O5S/c1-5-6-15-26-24(30)18(2)27(16-19-7-13-22(33-3)14-8-19)23(29)17-28(34(4,31)32)21-11-9-20(25)10-12-21/h7-14,18H,5-6,15-17H2,1-4H3,(H,26,30). The van der Waals surface area contributed by atoms with Gasteiger partial charge in [-0.3, -0.25) is 13.9 Å². The van der Waals surface area contributed by atoms with Gasteiger partial charge in [0.15, 0.2) is 0 Å². The van der Waals surface area contributed by atoms with Gasteiger partial charge in [0.05, 0.1) is 19.1 Å². The first-order chi connectivity index (χ1) is 16.1. The minimum atomic E-state index is -3.75. The maximum Gasteiger partial charge on any atom is 0.244 e. The van der Waals surface area contributed by atoms with Gasteiger partial charge in [-0.15, -0.1) is 0 Å². The van der Waals surface area contributed by atoms with E-state index in [1.54, 1.807) is 50.4 Å². The van der Waals surface area contributed by atoms with Gasteiger partial charge in [-0.25, -0.2) is 8.42 Å². The van der Waals surface area contributed by atoms with E-state index in [-0.39, 0.29) is 12.5 Å². The predicted octanol–water partition coefficient (Wildman–Crippen LogP) is 3.56. The number of amides is 2. The summed E-state index contributed by atoms with van der Waals surface area (Å²) in [7, 11) is -2.19. The lowest BCUT2D eigenvalue weighted by atomic mass is 10.1. The van der Waals surface area contributed by atoms with Crippen molar-refractivity contribution in [3.05, 3.63) is 58.6 Å². The van der Waals surface area contributed by atoms with Crippen LogP contribution in [0.3, 0.4) is 0 Å². The Labute approximate surface area is 210 Å². The van der Waals surface area contributed by atoms with Crippen molar-refractivity contribution in [3.63, 3.8) is 0 Å². The molecule has 1 unspecified atom stereocenters. The molecule has 1 N–H and O–H groups in total. The second-order valence-corrected chi connectivity index (χ2v) is 10.8. The van der Waals surface area contributed by atoms with Crippen LogP contribution in [0.2, 0.25) is 0 Å². The zero-order valence-corrected chi connectivity index (χ0v) is 22.4. The van der Waals surface area contributed by atoms with Crippen LogP contribution in [0.25, 0.3) is 0 Å². The van der Waals surface area contributed by atoms with E-state index in [1.165, 1.54) is 4.90 Å². The van der Waals surface area contributed by atoms with Gasteiger partial charge in [0.25, 0.3) is 0 Å². The maximum atomic E-state index is 13.4. The number of carbonyl (C=O) groups excluding carboxylic acids is 2. The third-order valence-corrected chi connectivity index (χ3v) is 6.97. The number of anilines is 1. The Morgan fingerprint density at radius 1 is 1.09 bits per heavy atom. The average molecular weight is 555 g/mol. The van der Waals surface area contributed by atoms with Gasteiger partial charge in [-0.05, 0) is 55.3 Å². The monoisotopic (exact) mass is 553 g/mol. The van der Waals surface area contributed by atoms with Crippen LogP contribution in [0.5, 0.6) is 5.75 Å². The molecule has 0 aliphatic heterocycles. The van der Waals surface area contributed by atoms with Crippen LogP contribution in [0.15, 0.2) is 53.0 Å². The van der Waals surface area contributed by atoms with Crippen LogP contribution in [0.1, 0.15) is 32.3 Å². The Bertz CT molecular complexity index is 1060. The Morgan fingerprint density at radius 3 is 2.24 bits per heavy atom. The molecular formula is C24H32BrN3O5S. The SMILES string of the molecule is CCCCNC(=O)C(C)N(Cc1ccc(OC)cc1)C(=O)CN(c1ccc(Br)cc1)S(C)(=O)=O. The van der Waals surface area contributed by atoms with Crippen molar-refractivity contribution in [1.29, 1.82) is 0 Å². The lowest BCUT2D eigenvalue weighted by Gasteiger charge is -2.31. The highest BCUT2D eigenvalue weighted by atomic mass is 79.9. The van der Waals surface area contributed by atoms with Crippen molar-refractivity contribution < 1.29 is 22.7 Å². The maximum absolute atomic E-state index is 13.4. The molecular weight excluding hydrogens is 522 g/mol. The van der Waals surface area contributed by atoms with Gasteiger partial charge in [-0.2, -0.15) is 0 Å². The smallest absolute Gasteiger partial charge is 0.244 e. The second kappa shape index (κ2) is 12.8. The molecule has 34 heavy (non-hydrogen) atoms. The summed E-state index contributed by atoms with van der Waals surface area (Å²) in [6.07, 6.45) is 2.81. The first kappa shape index (κ1) is 27.7. The van der Waals surface area contributed by atoms with E-state index < -0.39 is 28.5 Å². The van der Waals surface area contributed by atoms with E-state index in [9.17, 15) is 18.0 Å². The summed E-state index contributed by atoms with van der Waals surface area (Å²) >= 11 is 3.33. The molecule has 0 aromatic heterocycles. The van der Waals surface area contributed by atoms with Crippen LogP contribution >= 0.6 is 15.9 Å². The summed E-state index contributed by atoms with van der Waals surface area (Å²) in [4.78, 5) is 27.6. The number of carbonyl (C=O) groups is 2. The van der Waals surface area contributed by atoms with Crippen LogP contribution in [-0.2, 0) is 26.2 Å². The number of ether oxygens (including phenoxy) is 1. The fourth-order valence-electron chi connectivity index (χ4n) is 3.27. The highest BCUT2D eigenvalue weighted by Crippen LogP contribution is 2.22. The van der Waals surface area contributed by atoms with Crippen molar-refractivity contribution in [2.45, 2.75) is 39.3 Å². The van der Waals surface area contributed by atoms with Crippen molar-refractivity contribution in [2.24, 2.45) is 0 Å². The zero-order valence-electron chi connectivity index (χ0n) is 20.0. The normalized spacial score (nSPS) is 12.0. The van der Waals surface area contributed by atoms with E-state index >= 15 is 0 Å². The summed E-state index contributed by atoms with van der Waals surface area (Å²) in [6.45, 7) is 3.90. The summed E-state index contributed by atoms with van der Waals surface area (Å²) in [5.74, 6) is -0.0994. The molecule has 0 saturated carbocycles. The highest BCUT2D eigenvalue weighted by molar-refractivity contribution is 9.10. The molecule has 0 bridgehead atoms. The Balaban J connectivity index is 2.32. The molecule has 8 nitrogen and oxygen atoms in total. The van der Waals surface area contributed by atoms with Gasteiger partial charge in [-0.1, -0.05) is 41.4 Å². The first-order valence-electron chi connectivity index (χ1n) is 11.0. The molecule has 0 radical (unpaired) electrons. The van der Waals surface area contributed by atoms with E-state index in [2.05, 4.69) is 21.2 Å². The van der Waals surface area contributed by atoms with E-state index in [1.807, 2.05) is 19.1 Å². The minimum absolute atomic E-state index is 0.142. The third-order valence-electron chi connectivity index (χ3n) is 5.30. The summed E-state index contributed by atoms with van der Waals surface area (Å²) in [5, 5.41) is 2.85. The number of benzene rings is 2. The molecule has 0 spiro atoms. The van der Waals surface area contributed by atoms with Crippen LogP contribution in [-0.4, -0.2) is 57.6 Å². The number of nitrogens with one attached hydrogen (secondary N) is 1. The Hall–Kier alpha value is -2.59. The predicted molar refractivity (Wildman–Crippen MR) is 137 cm³/mol. The summed E-state index contributed by atoms with van der Waals surface area (Å²) in [5.41, 5.74) is 1.15. The van der Waals surface area contributed by atoms with E-state index in [4.69, 9.17) is 4.74 Å². The molecule has 2 amide bonds. The topological polar surface area (TPSA) is 96.0 Å². The Kier molecular flexibility index (Phi) is 10.4. The molecule has 0 heterocycles. The molecule has 0 aliphatic carbocycles. The number of hydrogen-bond donors (Lipinski definition) is 1. The molecule has 0 saturated heterocycles. The molecule has 2 rings (SSSR count). The van der Waals surface area contributed by atoms with Gasteiger partial charge < -0.3 is 15.0 Å². The highest BCUT2D eigenvalue weighted by Gasteiger charge is 2.30. The van der Waals surface area contributed by atoms with Gasteiger partial charge in [0.1, 0.15) is 18.3 Å². The fraction of sp³-hybridized carbons (Fsp3) is 0.417. The first-order valence-corrected chi connectivity index (χ1v) is 13.6. The van der Waals surface area contributed by atoms with Crippen molar-refractivity contribution >= 4 is 43.5 Å². The summed E-state index contributed by atoms with van der Waals surface area (Å²) < 4.78 is 32.1. The summed E-state index contributed by atoms with van der Waals surface area (Å²) in [6, 6.07) is 13.0. The largest absolute Gasteiger partial charge is 0.497 e. The van der Waals surface area contributed by atoms with E-state index in [0.29, 0.717) is 18.0 Å². The molecule has 0 aliphatic rings. The lowest BCUT2D eigenvalue weighted by Crippen LogP contribution is -2.51. The van der Waals surface area contributed by atoms with Gasteiger partial charge in [0, 0.05) is 17.6 Å². The third kappa shape index (κ3) is 8.02. The number of sulfonamides is 1. The fourth-order valence-corrected chi connectivity index (χ4v) is 4.38. The number of halogens is 1. The number of methoxy groups -OCH3 is 1. The van der Waals surface area contributed by atoms with Crippen molar-refractivity contribution in [1.82, 2.24) is 10.2 Å². The number of nitrogens with zero attached hydrogens (tertiary/aromatic N) is 2. The quantitative estimate of drug-likeness (QED) is 0.405. The number of rotatable bonds is 12.